The lowest BCUT2D eigenvalue weighted by molar-refractivity contribution is -0.132. The Hall–Kier alpha value is -0.520. The van der Waals surface area contributed by atoms with Gasteiger partial charge in [-0.2, -0.15) is 0 Å². The number of likely N-dealkylation sites (N-methyl/N-ethyl adjacent to an activating group) is 1. The third-order valence-electron chi connectivity index (χ3n) is 4.64. The number of carbonyl (C=O) groups excluding carboxylic acids is 1. The average molecular weight is 409 g/mol. The van der Waals surface area contributed by atoms with Crippen LogP contribution >= 0.6 is 35.6 Å². The molecule has 0 radical (unpaired) electrons. The predicted octanol–water partition coefficient (Wildman–Crippen LogP) is 3.70. The first-order chi connectivity index (χ1) is 11.5. The van der Waals surface area contributed by atoms with Crippen molar-refractivity contribution in [3.05, 3.63) is 33.8 Å². The van der Waals surface area contributed by atoms with Crippen LogP contribution in [0.4, 0.5) is 0 Å². The minimum absolute atomic E-state index is 0. The van der Waals surface area contributed by atoms with E-state index in [0.29, 0.717) is 23.1 Å². The molecule has 25 heavy (non-hydrogen) atoms. The van der Waals surface area contributed by atoms with E-state index in [1.165, 1.54) is 19.3 Å². The highest BCUT2D eigenvalue weighted by Gasteiger charge is 2.21. The fourth-order valence-electron chi connectivity index (χ4n) is 3.16. The fraction of sp³-hybridized carbons (Fsp3) is 0.611. The van der Waals surface area contributed by atoms with E-state index in [2.05, 4.69) is 10.2 Å². The zero-order valence-corrected chi connectivity index (χ0v) is 17.3. The van der Waals surface area contributed by atoms with E-state index >= 15 is 0 Å². The highest BCUT2D eigenvalue weighted by atomic mass is 35.5. The van der Waals surface area contributed by atoms with Gasteiger partial charge in [0.1, 0.15) is 0 Å². The number of nitrogens with zero attached hydrogens (tertiary/aromatic N) is 2. The van der Waals surface area contributed by atoms with Crippen molar-refractivity contribution in [3.63, 3.8) is 0 Å². The van der Waals surface area contributed by atoms with Crippen molar-refractivity contribution in [3.8, 4) is 0 Å². The van der Waals surface area contributed by atoms with Gasteiger partial charge in [0.25, 0.3) is 0 Å². The van der Waals surface area contributed by atoms with Crippen LogP contribution in [0.3, 0.4) is 0 Å². The van der Waals surface area contributed by atoms with Crippen LogP contribution in [-0.4, -0.2) is 56.0 Å². The molecule has 142 valence electrons. The summed E-state index contributed by atoms with van der Waals surface area (Å²) in [6.07, 6.45) is 3.60. The molecule has 0 bridgehead atoms. The average Bonchev–Trinajstić information content (AvgIpc) is 2.53. The van der Waals surface area contributed by atoms with Gasteiger partial charge in [-0.15, -0.1) is 12.4 Å². The highest BCUT2D eigenvalue weighted by Crippen LogP contribution is 2.21. The monoisotopic (exact) mass is 407 g/mol. The van der Waals surface area contributed by atoms with E-state index in [4.69, 9.17) is 23.2 Å². The molecular formula is C18H28Cl3N3O. The van der Waals surface area contributed by atoms with E-state index in [1.807, 2.05) is 26.2 Å². The molecule has 1 heterocycles. The maximum Gasteiger partial charge on any atom is 0.236 e. The van der Waals surface area contributed by atoms with Crippen molar-refractivity contribution in [1.82, 2.24) is 15.1 Å². The smallest absolute Gasteiger partial charge is 0.236 e. The molecule has 0 atom stereocenters. The Bertz CT molecular complexity index is 528. The lowest BCUT2D eigenvalue weighted by Crippen LogP contribution is -2.42. The van der Waals surface area contributed by atoms with E-state index < -0.39 is 0 Å². The van der Waals surface area contributed by atoms with Crippen LogP contribution in [0.1, 0.15) is 24.8 Å². The highest BCUT2D eigenvalue weighted by molar-refractivity contribution is 6.34. The molecule has 0 aromatic heterocycles. The third-order valence-corrected chi connectivity index (χ3v) is 5.07. The maximum atomic E-state index is 12.4. The quantitative estimate of drug-likeness (QED) is 0.747. The summed E-state index contributed by atoms with van der Waals surface area (Å²) in [5, 5.41) is 4.41. The molecule has 1 aromatic rings. The first kappa shape index (κ1) is 22.5. The van der Waals surface area contributed by atoms with Gasteiger partial charge < -0.3 is 10.2 Å². The first-order valence-corrected chi connectivity index (χ1v) is 9.29. The van der Waals surface area contributed by atoms with Crippen molar-refractivity contribution in [1.29, 1.82) is 0 Å². The minimum atomic E-state index is 0. The Kier molecular flexibility index (Phi) is 10.1. The lowest BCUT2D eigenvalue weighted by atomic mass is 9.93. The maximum absolute atomic E-state index is 12.4. The summed E-state index contributed by atoms with van der Waals surface area (Å²) >= 11 is 12.0. The van der Waals surface area contributed by atoms with Crippen molar-refractivity contribution < 1.29 is 4.79 Å². The summed E-state index contributed by atoms with van der Waals surface area (Å²) in [4.78, 5) is 16.5. The second kappa shape index (κ2) is 11.2. The topological polar surface area (TPSA) is 35.6 Å². The van der Waals surface area contributed by atoms with Gasteiger partial charge in [-0.1, -0.05) is 23.2 Å². The summed E-state index contributed by atoms with van der Waals surface area (Å²) < 4.78 is 0. The van der Waals surface area contributed by atoms with Gasteiger partial charge in [0.15, 0.2) is 0 Å². The van der Waals surface area contributed by atoms with Crippen LogP contribution in [0, 0.1) is 5.92 Å². The predicted molar refractivity (Wildman–Crippen MR) is 108 cm³/mol. The zero-order valence-electron chi connectivity index (χ0n) is 14.9. The second-order valence-electron chi connectivity index (χ2n) is 6.64. The van der Waals surface area contributed by atoms with Gasteiger partial charge in [-0.3, -0.25) is 9.69 Å². The molecule has 7 heteroatoms. The fourth-order valence-corrected chi connectivity index (χ4v) is 3.73. The Morgan fingerprint density at radius 2 is 1.84 bits per heavy atom. The number of benzene rings is 1. The van der Waals surface area contributed by atoms with E-state index in [0.717, 1.165) is 31.1 Å². The molecule has 4 nitrogen and oxygen atoms in total. The zero-order chi connectivity index (χ0) is 17.5. The second-order valence-corrected chi connectivity index (χ2v) is 7.51. The number of hydrogen-bond donors (Lipinski definition) is 1. The Labute approximate surface area is 167 Å². The SMILES string of the molecule is CNCCC1CCN(CC(=O)N(C)Cc2cc(Cl)cc(Cl)c2)CC1.Cl. The van der Waals surface area contributed by atoms with Crippen LogP contribution in [0.15, 0.2) is 18.2 Å². The van der Waals surface area contributed by atoms with Gasteiger partial charge in [0, 0.05) is 23.6 Å². The normalized spacial score (nSPS) is 15.7. The Morgan fingerprint density at radius 1 is 1.24 bits per heavy atom. The van der Waals surface area contributed by atoms with Crippen molar-refractivity contribution in [2.24, 2.45) is 5.92 Å². The number of rotatable bonds is 7. The van der Waals surface area contributed by atoms with Gasteiger partial charge in [0.2, 0.25) is 5.91 Å². The van der Waals surface area contributed by atoms with Crippen LogP contribution in [0.5, 0.6) is 0 Å². The molecule has 0 aliphatic carbocycles. The Morgan fingerprint density at radius 3 is 2.40 bits per heavy atom. The summed E-state index contributed by atoms with van der Waals surface area (Å²) in [5.41, 5.74) is 0.953. The molecule has 1 aliphatic rings. The van der Waals surface area contributed by atoms with E-state index in [-0.39, 0.29) is 18.3 Å². The molecule has 1 aromatic carbocycles. The standard InChI is InChI=1S/C18H27Cl2N3O.ClH/c1-21-6-3-14-4-7-23(8-5-14)13-18(24)22(2)12-15-9-16(19)11-17(20)10-15;/h9-11,14,21H,3-8,12-13H2,1-2H3;1H. The summed E-state index contributed by atoms with van der Waals surface area (Å²) in [6.45, 7) is 4.11. The molecule has 2 rings (SSSR count). The number of likely N-dealkylation sites (tertiary alicyclic amines) is 1. The molecule has 0 saturated carbocycles. The first-order valence-electron chi connectivity index (χ1n) is 8.54. The van der Waals surface area contributed by atoms with Gasteiger partial charge in [0.05, 0.1) is 6.54 Å². The van der Waals surface area contributed by atoms with Crippen LogP contribution in [-0.2, 0) is 11.3 Å². The molecule has 1 amide bonds. The van der Waals surface area contributed by atoms with E-state index in [9.17, 15) is 4.79 Å². The number of piperidine rings is 1. The molecule has 1 fully saturated rings. The van der Waals surface area contributed by atoms with Gasteiger partial charge in [-0.05, 0) is 75.6 Å². The summed E-state index contributed by atoms with van der Waals surface area (Å²) in [7, 11) is 3.83. The molecule has 1 N–H and O–H groups in total. The molecule has 0 spiro atoms. The minimum Gasteiger partial charge on any atom is -0.340 e. The summed E-state index contributed by atoms with van der Waals surface area (Å²) in [5.74, 6) is 0.926. The third kappa shape index (κ3) is 7.71. The van der Waals surface area contributed by atoms with Crippen molar-refractivity contribution >= 4 is 41.5 Å². The number of halogens is 3. The number of carbonyl (C=O) groups is 1. The Balaban J connectivity index is 0.00000312. The van der Waals surface area contributed by atoms with Crippen LogP contribution in [0.2, 0.25) is 10.0 Å². The van der Waals surface area contributed by atoms with Crippen LogP contribution < -0.4 is 5.32 Å². The van der Waals surface area contributed by atoms with Crippen LogP contribution in [0.25, 0.3) is 0 Å². The van der Waals surface area contributed by atoms with E-state index in [1.54, 1.807) is 11.0 Å². The molecule has 1 saturated heterocycles. The number of hydrogen-bond acceptors (Lipinski definition) is 3. The number of amides is 1. The lowest BCUT2D eigenvalue weighted by Gasteiger charge is -2.32. The van der Waals surface area contributed by atoms with Gasteiger partial charge >= 0.3 is 0 Å². The largest absolute Gasteiger partial charge is 0.340 e. The number of nitrogens with one attached hydrogen (secondary N) is 1. The van der Waals surface area contributed by atoms with Crippen molar-refractivity contribution in [2.75, 3.05) is 40.3 Å². The molecular weight excluding hydrogens is 381 g/mol. The summed E-state index contributed by atoms with van der Waals surface area (Å²) in [6, 6.07) is 5.40. The van der Waals surface area contributed by atoms with Gasteiger partial charge in [-0.25, -0.2) is 0 Å². The molecule has 1 aliphatic heterocycles. The molecule has 0 unspecified atom stereocenters. The van der Waals surface area contributed by atoms with Crippen molar-refractivity contribution in [2.45, 2.75) is 25.8 Å².